The molecule has 1 heterocycles. The molecule has 0 radical (unpaired) electrons. The van der Waals surface area contributed by atoms with Crippen molar-refractivity contribution in [3.63, 3.8) is 0 Å². The van der Waals surface area contributed by atoms with Crippen LogP contribution in [0.3, 0.4) is 0 Å². The molecule has 96 valence electrons. The molecule has 0 aromatic carbocycles. The van der Waals surface area contributed by atoms with E-state index in [4.69, 9.17) is 0 Å². The highest BCUT2D eigenvalue weighted by Crippen LogP contribution is 2.27. The van der Waals surface area contributed by atoms with E-state index in [0.29, 0.717) is 0 Å². The summed E-state index contributed by atoms with van der Waals surface area (Å²) in [5.41, 5.74) is 1.22. The van der Waals surface area contributed by atoms with Gasteiger partial charge >= 0.3 is 0 Å². The van der Waals surface area contributed by atoms with E-state index >= 15 is 0 Å². The van der Waals surface area contributed by atoms with E-state index in [-0.39, 0.29) is 5.54 Å². The number of aromatic nitrogens is 2. The van der Waals surface area contributed by atoms with Crippen molar-refractivity contribution in [1.29, 1.82) is 0 Å². The molecule has 1 aromatic heterocycles. The van der Waals surface area contributed by atoms with Gasteiger partial charge in [-0.3, -0.25) is 0 Å². The van der Waals surface area contributed by atoms with Crippen molar-refractivity contribution in [2.24, 2.45) is 0 Å². The zero-order valence-corrected chi connectivity index (χ0v) is 11.6. The van der Waals surface area contributed by atoms with Crippen molar-refractivity contribution in [2.45, 2.75) is 52.5 Å². The lowest BCUT2D eigenvalue weighted by Crippen LogP contribution is -2.36. The van der Waals surface area contributed by atoms with Crippen molar-refractivity contribution >= 4 is 11.6 Å². The van der Waals surface area contributed by atoms with Crippen LogP contribution in [0.15, 0.2) is 6.33 Å². The summed E-state index contributed by atoms with van der Waals surface area (Å²) in [5, 5.41) is 6.68. The predicted molar refractivity (Wildman–Crippen MR) is 73.5 cm³/mol. The molecule has 0 unspecified atom stereocenters. The van der Waals surface area contributed by atoms with Crippen LogP contribution >= 0.6 is 0 Å². The molecule has 1 rings (SSSR count). The minimum Gasteiger partial charge on any atom is -0.373 e. The van der Waals surface area contributed by atoms with Crippen molar-refractivity contribution in [1.82, 2.24) is 9.97 Å². The first-order valence-corrected chi connectivity index (χ1v) is 6.40. The normalized spacial score (nSPS) is 11.4. The quantitative estimate of drug-likeness (QED) is 0.796. The van der Waals surface area contributed by atoms with Crippen molar-refractivity contribution in [3.8, 4) is 0 Å². The summed E-state index contributed by atoms with van der Waals surface area (Å²) in [7, 11) is 1.88. The molecular formula is C13H24N4. The number of hydrogen-bond donors (Lipinski definition) is 2. The fourth-order valence-corrected chi connectivity index (χ4v) is 2.09. The van der Waals surface area contributed by atoms with Crippen LogP contribution in [0.2, 0.25) is 0 Å². The molecule has 0 spiro atoms. The molecule has 4 nitrogen and oxygen atoms in total. The highest BCUT2D eigenvalue weighted by atomic mass is 15.1. The third-order valence-corrected chi connectivity index (χ3v) is 3.73. The van der Waals surface area contributed by atoms with Gasteiger partial charge in [-0.1, -0.05) is 20.8 Å². The molecule has 0 atom stereocenters. The number of rotatable bonds is 6. The van der Waals surface area contributed by atoms with E-state index in [9.17, 15) is 0 Å². The molecule has 0 fully saturated rings. The third-order valence-electron chi connectivity index (χ3n) is 3.73. The molecule has 1 aromatic rings. The van der Waals surface area contributed by atoms with Crippen LogP contribution in [0.1, 0.15) is 45.6 Å². The zero-order chi connectivity index (χ0) is 12.9. The van der Waals surface area contributed by atoms with Crippen molar-refractivity contribution in [2.75, 3.05) is 17.7 Å². The SMILES string of the molecule is CCC(CC)(CC)Nc1ncnc(NC)c1C. The fraction of sp³-hybridized carbons (Fsp3) is 0.692. The van der Waals surface area contributed by atoms with Gasteiger partial charge in [-0.05, 0) is 26.2 Å². The summed E-state index contributed by atoms with van der Waals surface area (Å²) in [6.07, 6.45) is 4.89. The largest absolute Gasteiger partial charge is 0.373 e. The molecule has 4 heteroatoms. The summed E-state index contributed by atoms with van der Waals surface area (Å²) in [4.78, 5) is 8.56. The Kier molecular flexibility index (Phi) is 4.73. The molecule has 0 aliphatic carbocycles. The molecule has 2 N–H and O–H groups in total. The van der Waals surface area contributed by atoms with Gasteiger partial charge < -0.3 is 10.6 Å². The smallest absolute Gasteiger partial charge is 0.134 e. The van der Waals surface area contributed by atoms with Gasteiger partial charge in [0.2, 0.25) is 0 Å². The maximum Gasteiger partial charge on any atom is 0.134 e. The van der Waals surface area contributed by atoms with E-state index in [2.05, 4.69) is 41.4 Å². The highest BCUT2D eigenvalue weighted by molar-refractivity contribution is 5.57. The van der Waals surface area contributed by atoms with Crippen LogP contribution in [-0.2, 0) is 0 Å². The zero-order valence-electron chi connectivity index (χ0n) is 11.6. The van der Waals surface area contributed by atoms with Crippen LogP contribution in [0.25, 0.3) is 0 Å². The topological polar surface area (TPSA) is 49.8 Å². The number of nitrogens with zero attached hydrogens (tertiary/aromatic N) is 2. The first-order valence-electron chi connectivity index (χ1n) is 6.40. The Hall–Kier alpha value is -1.32. The molecular weight excluding hydrogens is 212 g/mol. The Bertz CT molecular complexity index is 350. The van der Waals surface area contributed by atoms with Gasteiger partial charge in [-0.2, -0.15) is 0 Å². The van der Waals surface area contributed by atoms with Crippen LogP contribution < -0.4 is 10.6 Å². The van der Waals surface area contributed by atoms with Gasteiger partial charge in [0, 0.05) is 18.2 Å². The highest BCUT2D eigenvalue weighted by Gasteiger charge is 2.24. The predicted octanol–water partition coefficient (Wildman–Crippen LogP) is 3.21. The second-order valence-electron chi connectivity index (χ2n) is 4.41. The standard InChI is InChI=1S/C13H24N4/c1-6-13(7-2,8-3)17-12-10(4)11(14-5)15-9-16-12/h9H,6-8H2,1-5H3,(H2,14,15,16,17). The van der Waals surface area contributed by atoms with Gasteiger partial charge in [-0.15, -0.1) is 0 Å². The second-order valence-corrected chi connectivity index (χ2v) is 4.41. The van der Waals surface area contributed by atoms with E-state index in [1.165, 1.54) is 0 Å². The Morgan fingerprint density at radius 2 is 1.59 bits per heavy atom. The van der Waals surface area contributed by atoms with Gasteiger partial charge in [0.05, 0.1) is 0 Å². The lowest BCUT2D eigenvalue weighted by atomic mass is 9.89. The second kappa shape index (κ2) is 5.84. The lowest BCUT2D eigenvalue weighted by Gasteiger charge is -2.33. The molecule has 0 saturated heterocycles. The van der Waals surface area contributed by atoms with Gasteiger partial charge in [-0.25, -0.2) is 9.97 Å². The molecule has 0 saturated carbocycles. The van der Waals surface area contributed by atoms with E-state index in [0.717, 1.165) is 36.5 Å². The molecule has 17 heavy (non-hydrogen) atoms. The monoisotopic (exact) mass is 236 g/mol. The molecule has 0 aliphatic heterocycles. The summed E-state index contributed by atoms with van der Waals surface area (Å²) in [6.45, 7) is 8.69. The van der Waals surface area contributed by atoms with E-state index in [1.807, 2.05) is 14.0 Å². The minimum atomic E-state index is 0.143. The Balaban J connectivity index is 3.01. The Labute approximate surface area is 104 Å². The van der Waals surface area contributed by atoms with Crippen LogP contribution in [0, 0.1) is 6.92 Å². The van der Waals surface area contributed by atoms with Crippen LogP contribution in [0.5, 0.6) is 0 Å². The van der Waals surface area contributed by atoms with E-state index < -0.39 is 0 Å². The molecule has 0 amide bonds. The van der Waals surface area contributed by atoms with Gasteiger partial charge in [0.1, 0.15) is 18.0 Å². The summed E-state index contributed by atoms with van der Waals surface area (Å²) < 4.78 is 0. The lowest BCUT2D eigenvalue weighted by molar-refractivity contribution is 0.418. The molecule has 0 bridgehead atoms. The average Bonchev–Trinajstić information content (AvgIpc) is 2.38. The maximum absolute atomic E-state index is 4.35. The number of hydrogen-bond acceptors (Lipinski definition) is 4. The minimum absolute atomic E-state index is 0.143. The maximum atomic E-state index is 4.35. The van der Waals surface area contributed by atoms with E-state index in [1.54, 1.807) is 6.33 Å². The number of anilines is 2. The first kappa shape index (κ1) is 13.7. The Morgan fingerprint density at radius 1 is 1.06 bits per heavy atom. The summed E-state index contributed by atoms with van der Waals surface area (Å²) in [5.74, 6) is 1.83. The van der Waals surface area contributed by atoms with Gasteiger partial charge in [0.15, 0.2) is 0 Å². The van der Waals surface area contributed by atoms with Crippen molar-refractivity contribution in [3.05, 3.63) is 11.9 Å². The first-order chi connectivity index (χ1) is 8.12. The van der Waals surface area contributed by atoms with Crippen molar-refractivity contribution < 1.29 is 0 Å². The van der Waals surface area contributed by atoms with Gasteiger partial charge in [0.25, 0.3) is 0 Å². The number of nitrogens with one attached hydrogen (secondary N) is 2. The fourth-order valence-electron chi connectivity index (χ4n) is 2.09. The summed E-state index contributed by atoms with van der Waals surface area (Å²) in [6, 6.07) is 0. The van der Waals surface area contributed by atoms with Crippen LogP contribution in [0.4, 0.5) is 11.6 Å². The third kappa shape index (κ3) is 2.87. The molecule has 0 aliphatic rings. The Morgan fingerprint density at radius 3 is 2.06 bits per heavy atom. The average molecular weight is 236 g/mol. The summed E-state index contributed by atoms with van der Waals surface area (Å²) >= 11 is 0. The van der Waals surface area contributed by atoms with Crippen LogP contribution in [-0.4, -0.2) is 22.6 Å².